The molecular formula is C8H11IO2. The van der Waals surface area contributed by atoms with Gasteiger partial charge in [-0.25, -0.2) is 0 Å². The van der Waals surface area contributed by atoms with Crippen molar-refractivity contribution in [3.8, 4) is 12.3 Å². The Balaban J connectivity index is 3.17. The van der Waals surface area contributed by atoms with Crippen molar-refractivity contribution in [2.75, 3.05) is 11.0 Å². The lowest BCUT2D eigenvalue weighted by atomic mass is 10.3. The quantitative estimate of drug-likeness (QED) is 0.249. The van der Waals surface area contributed by atoms with Crippen molar-refractivity contribution in [2.24, 2.45) is 0 Å². The SMILES string of the molecule is C#CCCOC(=O)CCCI. The first-order valence-corrected chi connectivity index (χ1v) is 4.99. The summed E-state index contributed by atoms with van der Waals surface area (Å²) in [4.78, 5) is 10.8. The van der Waals surface area contributed by atoms with Gasteiger partial charge in [0.1, 0.15) is 6.61 Å². The highest BCUT2D eigenvalue weighted by atomic mass is 127. The van der Waals surface area contributed by atoms with Crippen LogP contribution in [0.2, 0.25) is 0 Å². The minimum Gasteiger partial charge on any atom is -0.465 e. The number of hydrogen-bond acceptors (Lipinski definition) is 2. The molecule has 62 valence electrons. The van der Waals surface area contributed by atoms with Crippen molar-refractivity contribution in [1.82, 2.24) is 0 Å². The van der Waals surface area contributed by atoms with Crippen LogP contribution < -0.4 is 0 Å². The maximum atomic E-state index is 10.8. The number of ether oxygens (including phenoxy) is 1. The van der Waals surface area contributed by atoms with E-state index in [1.165, 1.54) is 0 Å². The van der Waals surface area contributed by atoms with Crippen LogP contribution >= 0.6 is 22.6 Å². The molecule has 0 aromatic carbocycles. The van der Waals surface area contributed by atoms with E-state index in [9.17, 15) is 4.79 Å². The van der Waals surface area contributed by atoms with Gasteiger partial charge in [-0.15, -0.1) is 12.3 Å². The van der Waals surface area contributed by atoms with Gasteiger partial charge < -0.3 is 4.74 Å². The van der Waals surface area contributed by atoms with E-state index in [1.54, 1.807) is 0 Å². The fraction of sp³-hybridized carbons (Fsp3) is 0.625. The number of terminal acetylenes is 1. The summed E-state index contributed by atoms with van der Waals surface area (Å²) >= 11 is 2.23. The Bertz CT molecular complexity index is 149. The fourth-order valence-corrected chi connectivity index (χ4v) is 0.889. The van der Waals surface area contributed by atoms with Crippen LogP contribution in [0.3, 0.4) is 0 Å². The molecule has 0 rings (SSSR count). The van der Waals surface area contributed by atoms with Gasteiger partial charge in [0.25, 0.3) is 0 Å². The molecule has 0 saturated heterocycles. The summed E-state index contributed by atoms with van der Waals surface area (Å²) in [6, 6.07) is 0. The lowest BCUT2D eigenvalue weighted by Crippen LogP contribution is -2.05. The predicted octanol–water partition coefficient (Wildman–Crippen LogP) is 1.77. The molecule has 11 heavy (non-hydrogen) atoms. The van der Waals surface area contributed by atoms with Crippen molar-refractivity contribution in [2.45, 2.75) is 19.3 Å². The van der Waals surface area contributed by atoms with Crippen molar-refractivity contribution in [3.05, 3.63) is 0 Å². The molecule has 0 fully saturated rings. The molecule has 3 heteroatoms. The summed E-state index contributed by atoms with van der Waals surface area (Å²) < 4.78 is 5.79. The van der Waals surface area contributed by atoms with Gasteiger partial charge in [-0.2, -0.15) is 0 Å². The van der Waals surface area contributed by atoms with E-state index in [0.717, 1.165) is 10.8 Å². The van der Waals surface area contributed by atoms with Gasteiger partial charge in [0, 0.05) is 17.3 Å². The molecule has 0 aliphatic heterocycles. The van der Waals surface area contributed by atoms with E-state index in [2.05, 4.69) is 28.5 Å². The average Bonchev–Trinajstić information content (AvgIpc) is 2.01. The maximum Gasteiger partial charge on any atom is 0.305 e. The Hall–Kier alpha value is -0.240. The highest BCUT2D eigenvalue weighted by molar-refractivity contribution is 14.1. The number of rotatable bonds is 5. The van der Waals surface area contributed by atoms with Crippen LogP contribution in [0.15, 0.2) is 0 Å². The van der Waals surface area contributed by atoms with Gasteiger partial charge >= 0.3 is 5.97 Å². The summed E-state index contributed by atoms with van der Waals surface area (Å²) in [5, 5.41) is 0. The third-order valence-corrected chi connectivity index (χ3v) is 1.79. The number of carbonyl (C=O) groups is 1. The van der Waals surface area contributed by atoms with Gasteiger partial charge in [-0.05, 0) is 6.42 Å². The lowest BCUT2D eigenvalue weighted by Gasteiger charge is -1.99. The number of alkyl halides is 1. The van der Waals surface area contributed by atoms with Crippen LogP contribution in [0.25, 0.3) is 0 Å². The maximum absolute atomic E-state index is 10.8. The molecule has 0 heterocycles. The first-order chi connectivity index (χ1) is 5.31. The van der Waals surface area contributed by atoms with Crippen molar-refractivity contribution in [1.29, 1.82) is 0 Å². The smallest absolute Gasteiger partial charge is 0.305 e. The zero-order chi connectivity index (χ0) is 8.53. The molecule has 0 amide bonds. The van der Waals surface area contributed by atoms with Crippen molar-refractivity contribution < 1.29 is 9.53 Å². The molecule has 0 bridgehead atoms. The number of halogens is 1. The van der Waals surface area contributed by atoms with E-state index < -0.39 is 0 Å². The highest BCUT2D eigenvalue weighted by Gasteiger charge is 1.99. The van der Waals surface area contributed by atoms with E-state index in [1.807, 2.05) is 0 Å². The van der Waals surface area contributed by atoms with Crippen LogP contribution in [0.4, 0.5) is 0 Å². The Morgan fingerprint density at radius 2 is 2.36 bits per heavy atom. The van der Waals surface area contributed by atoms with E-state index in [0.29, 0.717) is 19.4 Å². The fourth-order valence-electron chi connectivity index (χ4n) is 0.507. The second kappa shape index (κ2) is 7.86. The van der Waals surface area contributed by atoms with Crippen molar-refractivity contribution in [3.63, 3.8) is 0 Å². The van der Waals surface area contributed by atoms with E-state index >= 15 is 0 Å². The van der Waals surface area contributed by atoms with Gasteiger partial charge in [0.2, 0.25) is 0 Å². The summed E-state index contributed by atoms with van der Waals surface area (Å²) in [6.07, 6.45) is 6.87. The van der Waals surface area contributed by atoms with E-state index in [-0.39, 0.29) is 5.97 Å². The molecule has 0 aromatic heterocycles. The standard InChI is InChI=1S/C8H11IO2/c1-2-3-7-11-8(10)5-4-6-9/h1H,3-7H2. The third-order valence-electron chi connectivity index (χ3n) is 1.02. The zero-order valence-corrected chi connectivity index (χ0v) is 8.46. The van der Waals surface area contributed by atoms with Crippen LogP contribution in [-0.4, -0.2) is 17.0 Å². The monoisotopic (exact) mass is 266 g/mol. The highest BCUT2D eigenvalue weighted by Crippen LogP contribution is 1.96. The molecule has 0 N–H and O–H groups in total. The molecule has 0 aromatic rings. The Labute approximate surface area is 80.8 Å². The predicted molar refractivity (Wildman–Crippen MR) is 52.5 cm³/mol. The van der Waals surface area contributed by atoms with Gasteiger partial charge in [0.15, 0.2) is 0 Å². The topological polar surface area (TPSA) is 26.3 Å². The Kier molecular flexibility index (Phi) is 7.69. The van der Waals surface area contributed by atoms with Crippen LogP contribution in [0, 0.1) is 12.3 Å². The van der Waals surface area contributed by atoms with Gasteiger partial charge in [-0.3, -0.25) is 4.79 Å². The lowest BCUT2D eigenvalue weighted by molar-refractivity contribution is -0.143. The van der Waals surface area contributed by atoms with Crippen LogP contribution in [0.1, 0.15) is 19.3 Å². The summed E-state index contributed by atoms with van der Waals surface area (Å²) in [5.41, 5.74) is 0. The van der Waals surface area contributed by atoms with Crippen LogP contribution in [0.5, 0.6) is 0 Å². The van der Waals surface area contributed by atoms with Crippen LogP contribution in [-0.2, 0) is 9.53 Å². The first-order valence-electron chi connectivity index (χ1n) is 3.46. The third kappa shape index (κ3) is 7.66. The first kappa shape index (κ1) is 10.8. The summed E-state index contributed by atoms with van der Waals surface area (Å²) in [6.45, 7) is 0.358. The second-order valence-electron chi connectivity index (χ2n) is 1.97. The number of hydrogen-bond donors (Lipinski definition) is 0. The number of esters is 1. The molecule has 0 radical (unpaired) electrons. The molecule has 0 unspecified atom stereocenters. The molecular weight excluding hydrogens is 255 g/mol. The molecule has 2 nitrogen and oxygen atoms in total. The minimum atomic E-state index is -0.142. The summed E-state index contributed by atoms with van der Waals surface area (Å²) in [7, 11) is 0. The summed E-state index contributed by atoms with van der Waals surface area (Å²) in [5.74, 6) is 2.26. The molecule has 0 saturated carbocycles. The molecule has 0 aliphatic rings. The van der Waals surface area contributed by atoms with Crippen molar-refractivity contribution >= 4 is 28.6 Å². The zero-order valence-electron chi connectivity index (χ0n) is 6.31. The second-order valence-corrected chi connectivity index (χ2v) is 3.05. The van der Waals surface area contributed by atoms with Gasteiger partial charge in [0.05, 0.1) is 0 Å². The largest absolute Gasteiger partial charge is 0.465 e. The molecule has 0 spiro atoms. The van der Waals surface area contributed by atoms with E-state index in [4.69, 9.17) is 11.2 Å². The average molecular weight is 266 g/mol. The number of carbonyl (C=O) groups excluding carboxylic acids is 1. The molecule has 0 atom stereocenters. The minimum absolute atomic E-state index is 0.142. The van der Waals surface area contributed by atoms with Gasteiger partial charge in [-0.1, -0.05) is 22.6 Å². The normalized spacial score (nSPS) is 8.73. The molecule has 0 aliphatic carbocycles. The Morgan fingerprint density at radius 3 is 2.91 bits per heavy atom. The Morgan fingerprint density at radius 1 is 1.64 bits per heavy atom.